The Morgan fingerprint density at radius 2 is 1.71 bits per heavy atom. The molecule has 1 aliphatic rings. The molecule has 1 aliphatic carbocycles. The maximum absolute atomic E-state index is 12.5. The van der Waals surface area contributed by atoms with E-state index in [-0.39, 0.29) is 12.3 Å². The van der Waals surface area contributed by atoms with Gasteiger partial charge in [0.25, 0.3) is 0 Å². The lowest BCUT2D eigenvalue weighted by Gasteiger charge is -2.35. The predicted octanol–water partition coefficient (Wildman–Crippen LogP) is 3.46. The van der Waals surface area contributed by atoms with Crippen molar-refractivity contribution < 1.29 is 22.9 Å². The van der Waals surface area contributed by atoms with Gasteiger partial charge in [-0.05, 0) is 12.8 Å². The van der Waals surface area contributed by atoms with E-state index in [1.54, 1.807) is 6.92 Å². The first-order valence-corrected chi connectivity index (χ1v) is 4.58. The van der Waals surface area contributed by atoms with Crippen LogP contribution in [0.5, 0.6) is 0 Å². The van der Waals surface area contributed by atoms with Gasteiger partial charge in [0.15, 0.2) is 0 Å². The summed E-state index contributed by atoms with van der Waals surface area (Å²) in [4.78, 5) is 0. The third-order valence-electron chi connectivity index (χ3n) is 3.21. The molecule has 0 N–H and O–H groups in total. The fourth-order valence-corrected chi connectivity index (χ4v) is 1.87. The SMILES string of the molecule is CC1CCCCC1(C)[N+](F)(F)F.[B]F. The van der Waals surface area contributed by atoms with Gasteiger partial charge in [0.1, 0.15) is 0 Å². The third-order valence-corrected chi connectivity index (χ3v) is 3.21. The standard InChI is InChI=1S/C8H15F3N.BF/c1-7-5-3-4-6-8(7,2)12(9,10)11;1-2/h7H,3-6H2,1-2H3;/q+1;. The van der Waals surface area contributed by atoms with E-state index in [0.29, 0.717) is 12.8 Å². The molecule has 1 rings (SSSR count). The normalized spacial score (nSPS) is 33.1. The smallest absolute Gasteiger partial charge is 0.350 e. The van der Waals surface area contributed by atoms with E-state index in [1.807, 2.05) is 0 Å². The van der Waals surface area contributed by atoms with Gasteiger partial charge in [-0.1, -0.05) is 13.3 Å². The zero-order chi connectivity index (χ0) is 11.4. The number of halogens is 4. The van der Waals surface area contributed by atoms with Gasteiger partial charge in [-0.25, -0.2) is 0 Å². The van der Waals surface area contributed by atoms with Crippen LogP contribution >= 0.6 is 0 Å². The molecule has 0 saturated heterocycles. The van der Waals surface area contributed by atoms with Crippen LogP contribution in [0.2, 0.25) is 0 Å². The molecule has 0 spiro atoms. The molecule has 0 heterocycles. The van der Waals surface area contributed by atoms with E-state index < -0.39 is 10.7 Å². The molecule has 0 aromatic carbocycles. The number of hydrogen-bond acceptors (Lipinski definition) is 0. The van der Waals surface area contributed by atoms with Crippen molar-refractivity contribution in [3.05, 3.63) is 0 Å². The Balaban J connectivity index is 0.000000791. The van der Waals surface area contributed by atoms with Crippen LogP contribution in [0.1, 0.15) is 39.5 Å². The molecule has 0 aromatic rings. The van der Waals surface area contributed by atoms with E-state index in [1.165, 1.54) is 6.92 Å². The van der Waals surface area contributed by atoms with Crippen LogP contribution in [0.15, 0.2) is 0 Å². The van der Waals surface area contributed by atoms with Crippen molar-refractivity contribution in [2.45, 2.75) is 45.1 Å². The Morgan fingerprint density at radius 1 is 1.21 bits per heavy atom. The summed E-state index contributed by atoms with van der Waals surface area (Å²) in [6, 6.07) is 0. The second-order valence-corrected chi connectivity index (χ2v) is 3.95. The highest BCUT2D eigenvalue weighted by Gasteiger charge is 2.59. The van der Waals surface area contributed by atoms with Gasteiger partial charge in [-0.15, -0.1) is 0 Å². The molecular formula is C8H15BF4N+. The monoisotopic (exact) mass is 212 g/mol. The van der Waals surface area contributed by atoms with Gasteiger partial charge >= 0.3 is 8.12 Å². The highest BCUT2D eigenvalue weighted by Crippen LogP contribution is 2.44. The Bertz CT molecular complexity index is 173. The van der Waals surface area contributed by atoms with E-state index in [4.69, 9.17) is 4.32 Å². The molecule has 1 nitrogen and oxygen atoms in total. The summed E-state index contributed by atoms with van der Waals surface area (Å²) < 4.78 is 46.5. The van der Waals surface area contributed by atoms with Crippen molar-refractivity contribution >= 4 is 8.12 Å². The van der Waals surface area contributed by atoms with Crippen molar-refractivity contribution in [3.8, 4) is 0 Å². The first-order valence-electron chi connectivity index (χ1n) is 4.58. The number of quaternary nitrogens is 1. The summed E-state index contributed by atoms with van der Waals surface area (Å²) in [5.41, 5.74) is -1.49. The van der Waals surface area contributed by atoms with Gasteiger partial charge in [-0.2, -0.15) is 0 Å². The van der Waals surface area contributed by atoms with Gasteiger partial charge in [0.2, 0.25) is 10.7 Å². The molecular weight excluding hydrogens is 197 g/mol. The molecule has 2 atom stereocenters. The molecule has 1 saturated carbocycles. The van der Waals surface area contributed by atoms with Crippen molar-refractivity contribution in [2.75, 3.05) is 0 Å². The Labute approximate surface area is 82.9 Å². The van der Waals surface area contributed by atoms with E-state index in [0.717, 1.165) is 6.42 Å². The molecule has 0 aliphatic heterocycles. The molecule has 6 heteroatoms. The summed E-state index contributed by atoms with van der Waals surface area (Å²) in [5.74, 6) is -0.244. The van der Waals surface area contributed by atoms with Crippen LogP contribution < -0.4 is 0 Å². The molecule has 2 radical (unpaired) electrons. The van der Waals surface area contributed by atoms with Crippen LogP contribution in [0.4, 0.5) is 17.8 Å². The van der Waals surface area contributed by atoms with Crippen LogP contribution in [-0.2, 0) is 0 Å². The van der Waals surface area contributed by atoms with Crippen LogP contribution in [0, 0.1) is 5.92 Å². The zero-order valence-corrected chi connectivity index (χ0v) is 8.44. The second kappa shape index (κ2) is 5.00. The van der Waals surface area contributed by atoms with Crippen molar-refractivity contribution in [2.24, 2.45) is 5.92 Å². The molecule has 1 fully saturated rings. The average molecular weight is 212 g/mol. The first kappa shape index (κ1) is 13.7. The maximum atomic E-state index is 12.5. The summed E-state index contributed by atoms with van der Waals surface area (Å²) in [6.45, 7) is 3.03. The lowest BCUT2D eigenvalue weighted by molar-refractivity contribution is -1.30. The number of rotatable bonds is 1. The molecule has 2 unspecified atom stereocenters. The molecule has 0 amide bonds. The Kier molecular flexibility index (Phi) is 4.91. The van der Waals surface area contributed by atoms with Gasteiger partial charge in [0, 0.05) is 19.3 Å². The fraction of sp³-hybridized carbons (Fsp3) is 1.00. The molecule has 0 bridgehead atoms. The van der Waals surface area contributed by atoms with Gasteiger partial charge in [0.05, 0.1) is 13.4 Å². The van der Waals surface area contributed by atoms with Crippen LogP contribution in [0.25, 0.3) is 0 Å². The minimum absolute atomic E-state index is 0.244. The number of hydrogen-bond donors (Lipinski definition) is 0. The molecule has 14 heavy (non-hydrogen) atoms. The summed E-state index contributed by atoms with van der Waals surface area (Å²) in [5, 5.41) is -3.38. The van der Waals surface area contributed by atoms with Crippen molar-refractivity contribution in [1.29, 1.82) is 0 Å². The molecule has 0 aromatic heterocycles. The summed E-state index contributed by atoms with van der Waals surface area (Å²) in [7, 11) is 3.00. The second-order valence-electron chi connectivity index (χ2n) is 3.95. The molecule has 82 valence electrons. The first-order chi connectivity index (χ1) is 6.38. The van der Waals surface area contributed by atoms with Crippen LogP contribution in [0.3, 0.4) is 0 Å². The van der Waals surface area contributed by atoms with E-state index in [9.17, 15) is 13.4 Å². The van der Waals surface area contributed by atoms with Crippen molar-refractivity contribution in [3.63, 3.8) is 0 Å². The van der Waals surface area contributed by atoms with E-state index >= 15 is 0 Å². The highest BCUT2D eigenvalue weighted by molar-refractivity contribution is 5.96. The van der Waals surface area contributed by atoms with Crippen molar-refractivity contribution in [1.82, 2.24) is 0 Å². The minimum Gasteiger partial charge on any atom is -0.350 e. The zero-order valence-electron chi connectivity index (χ0n) is 8.44. The summed E-state index contributed by atoms with van der Waals surface area (Å²) >= 11 is 0. The van der Waals surface area contributed by atoms with E-state index in [2.05, 4.69) is 8.12 Å². The lowest BCUT2D eigenvalue weighted by atomic mass is 9.75. The third kappa shape index (κ3) is 2.62. The minimum atomic E-state index is -3.38. The maximum Gasteiger partial charge on any atom is 0.350 e. The predicted molar refractivity (Wildman–Crippen MR) is 46.5 cm³/mol. The largest absolute Gasteiger partial charge is 0.350 e. The lowest BCUT2D eigenvalue weighted by Crippen LogP contribution is -2.52. The quantitative estimate of drug-likeness (QED) is 0.354. The topological polar surface area (TPSA) is 0 Å². The highest BCUT2D eigenvalue weighted by atomic mass is 19.6. The van der Waals surface area contributed by atoms with Gasteiger partial charge < -0.3 is 4.32 Å². The number of nitrogens with zero attached hydrogens (tertiary/aromatic N) is 1. The van der Waals surface area contributed by atoms with Crippen LogP contribution in [-0.4, -0.2) is 18.8 Å². The fourth-order valence-electron chi connectivity index (χ4n) is 1.87. The Morgan fingerprint density at radius 3 is 2.00 bits per heavy atom. The Hall–Kier alpha value is -0.255. The average Bonchev–Trinajstić information content (AvgIpc) is 2.12. The van der Waals surface area contributed by atoms with Gasteiger partial charge in [-0.3, -0.25) is 0 Å². The summed E-state index contributed by atoms with van der Waals surface area (Å²) in [6.07, 6.45) is 2.63.